The second-order valence-corrected chi connectivity index (χ2v) is 4.33. The van der Waals surface area contributed by atoms with E-state index in [1.54, 1.807) is 0 Å². The van der Waals surface area contributed by atoms with Gasteiger partial charge in [0.2, 0.25) is 0 Å². The molecule has 0 aliphatic heterocycles. The Bertz CT molecular complexity index is 320. The summed E-state index contributed by atoms with van der Waals surface area (Å²) in [5.41, 5.74) is 2.21. The quantitative estimate of drug-likeness (QED) is 0.506. The summed E-state index contributed by atoms with van der Waals surface area (Å²) in [6.07, 6.45) is 7.90. The van der Waals surface area contributed by atoms with Gasteiger partial charge in [-0.25, -0.2) is 0 Å². The van der Waals surface area contributed by atoms with Crippen LogP contribution < -0.4 is 0 Å². The molecular formula is C14H20O. The molecule has 0 aromatic heterocycles. The van der Waals surface area contributed by atoms with Crippen molar-refractivity contribution in [2.45, 2.75) is 33.6 Å². The van der Waals surface area contributed by atoms with Crippen LogP contribution in [0, 0.1) is 11.8 Å². The molecule has 0 fully saturated rings. The van der Waals surface area contributed by atoms with Crippen LogP contribution in [0.25, 0.3) is 0 Å². The molecule has 0 radical (unpaired) electrons. The van der Waals surface area contributed by atoms with E-state index in [1.165, 1.54) is 5.57 Å². The van der Waals surface area contributed by atoms with Gasteiger partial charge >= 0.3 is 0 Å². The van der Waals surface area contributed by atoms with Crippen LogP contribution in [0.15, 0.2) is 36.0 Å². The summed E-state index contributed by atoms with van der Waals surface area (Å²) >= 11 is 0. The molecule has 1 rings (SSSR count). The fourth-order valence-corrected chi connectivity index (χ4v) is 2.07. The summed E-state index contributed by atoms with van der Waals surface area (Å²) in [5, 5.41) is 0. The molecule has 0 amide bonds. The molecule has 15 heavy (non-hydrogen) atoms. The Morgan fingerprint density at radius 1 is 1.60 bits per heavy atom. The maximum atomic E-state index is 12.1. The number of carbonyl (C=O) groups excluding carboxylic acids is 1. The first-order valence-corrected chi connectivity index (χ1v) is 5.55. The zero-order chi connectivity index (χ0) is 11.4. The number of ketones is 1. The SMILES string of the molecule is C=C[C@H]1CC=C(C)C[C@@H]1C(=O)/C(C)=C/C. The molecule has 2 atom stereocenters. The highest BCUT2D eigenvalue weighted by Crippen LogP contribution is 2.32. The maximum absolute atomic E-state index is 12.1. The molecular weight excluding hydrogens is 184 g/mol. The third-order valence-electron chi connectivity index (χ3n) is 3.26. The number of rotatable bonds is 3. The summed E-state index contributed by atoms with van der Waals surface area (Å²) in [6.45, 7) is 9.75. The lowest BCUT2D eigenvalue weighted by atomic mass is 9.76. The van der Waals surface area contributed by atoms with Gasteiger partial charge in [-0.2, -0.15) is 0 Å². The van der Waals surface area contributed by atoms with Crippen molar-refractivity contribution in [3.05, 3.63) is 36.0 Å². The van der Waals surface area contributed by atoms with Crippen molar-refractivity contribution in [2.24, 2.45) is 11.8 Å². The molecule has 0 N–H and O–H groups in total. The van der Waals surface area contributed by atoms with Gasteiger partial charge < -0.3 is 0 Å². The van der Waals surface area contributed by atoms with Crippen LogP contribution in [0.1, 0.15) is 33.6 Å². The minimum atomic E-state index is 0.115. The van der Waals surface area contributed by atoms with Crippen molar-refractivity contribution in [3.8, 4) is 0 Å². The van der Waals surface area contributed by atoms with Gasteiger partial charge in [0, 0.05) is 5.92 Å². The van der Waals surface area contributed by atoms with E-state index in [4.69, 9.17) is 0 Å². The van der Waals surface area contributed by atoms with Gasteiger partial charge in [0.05, 0.1) is 0 Å². The minimum absolute atomic E-state index is 0.115. The summed E-state index contributed by atoms with van der Waals surface area (Å²) in [4.78, 5) is 12.1. The van der Waals surface area contributed by atoms with Crippen LogP contribution in [-0.4, -0.2) is 5.78 Å². The number of Topliss-reactive ketones (excluding diaryl/α,β-unsaturated/α-hetero) is 1. The first-order chi connectivity index (χ1) is 7.10. The Labute approximate surface area is 92.6 Å². The Morgan fingerprint density at radius 2 is 2.27 bits per heavy atom. The standard InChI is InChI=1S/C14H20O/c1-5-11(4)14(15)13-9-10(3)7-8-12(13)6-2/h5-7,12-13H,2,8-9H2,1,3-4H3/b11-5+/t12-,13-/m0/s1. The normalized spacial score (nSPS) is 27.1. The highest BCUT2D eigenvalue weighted by Gasteiger charge is 2.28. The van der Waals surface area contributed by atoms with Crippen LogP contribution in [-0.2, 0) is 4.79 Å². The molecule has 0 bridgehead atoms. The van der Waals surface area contributed by atoms with E-state index in [9.17, 15) is 4.79 Å². The molecule has 1 heteroatoms. The molecule has 1 aliphatic rings. The largest absolute Gasteiger partial charge is 0.294 e. The van der Waals surface area contributed by atoms with Crippen molar-refractivity contribution in [1.29, 1.82) is 0 Å². The smallest absolute Gasteiger partial charge is 0.162 e. The van der Waals surface area contributed by atoms with E-state index in [-0.39, 0.29) is 11.7 Å². The van der Waals surface area contributed by atoms with E-state index in [0.29, 0.717) is 5.92 Å². The van der Waals surface area contributed by atoms with Crippen LogP contribution in [0.3, 0.4) is 0 Å². The second kappa shape index (κ2) is 5.11. The molecule has 0 aromatic rings. The second-order valence-electron chi connectivity index (χ2n) is 4.33. The lowest BCUT2D eigenvalue weighted by molar-refractivity contribution is -0.120. The van der Waals surface area contributed by atoms with E-state index < -0.39 is 0 Å². The molecule has 82 valence electrons. The van der Waals surface area contributed by atoms with Gasteiger partial charge in [-0.15, -0.1) is 6.58 Å². The lowest BCUT2D eigenvalue weighted by Gasteiger charge is -2.27. The zero-order valence-electron chi connectivity index (χ0n) is 9.92. The van der Waals surface area contributed by atoms with E-state index in [1.807, 2.05) is 26.0 Å². The van der Waals surface area contributed by atoms with Crippen LogP contribution in [0.2, 0.25) is 0 Å². The van der Waals surface area contributed by atoms with Crippen LogP contribution in [0.4, 0.5) is 0 Å². The Morgan fingerprint density at radius 3 is 2.80 bits per heavy atom. The number of allylic oxidation sites excluding steroid dienone is 5. The number of hydrogen-bond acceptors (Lipinski definition) is 1. The lowest BCUT2D eigenvalue weighted by Crippen LogP contribution is -2.26. The van der Waals surface area contributed by atoms with Crippen molar-refractivity contribution in [1.82, 2.24) is 0 Å². The van der Waals surface area contributed by atoms with E-state index in [2.05, 4.69) is 19.6 Å². The van der Waals surface area contributed by atoms with Crippen molar-refractivity contribution in [2.75, 3.05) is 0 Å². The molecule has 0 aromatic carbocycles. The predicted octanol–water partition coefficient (Wildman–Crippen LogP) is 3.68. The Balaban J connectivity index is 2.87. The van der Waals surface area contributed by atoms with Gasteiger partial charge in [0.15, 0.2) is 5.78 Å². The van der Waals surface area contributed by atoms with Crippen LogP contribution in [0.5, 0.6) is 0 Å². The fourth-order valence-electron chi connectivity index (χ4n) is 2.07. The summed E-state index contributed by atoms with van der Waals surface area (Å²) in [6, 6.07) is 0. The highest BCUT2D eigenvalue weighted by molar-refractivity contribution is 5.97. The molecule has 0 saturated carbocycles. The summed E-state index contributed by atoms with van der Waals surface area (Å²) < 4.78 is 0. The van der Waals surface area contributed by atoms with Crippen LogP contribution >= 0.6 is 0 Å². The molecule has 0 heterocycles. The zero-order valence-corrected chi connectivity index (χ0v) is 9.92. The highest BCUT2D eigenvalue weighted by atomic mass is 16.1. The Hall–Kier alpha value is -1.11. The molecule has 0 spiro atoms. The molecule has 0 unspecified atom stereocenters. The molecule has 1 nitrogen and oxygen atoms in total. The van der Waals surface area contributed by atoms with Gasteiger partial charge in [0.1, 0.15) is 0 Å². The van der Waals surface area contributed by atoms with Gasteiger partial charge in [-0.3, -0.25) is 4.79 Å². The third kappa shape index (κ3) is 2.68. The monoisotopic (exact) mass is 204 g/mol. The van der Waals surface area contributed by atoms with Crippen molar-refractivity contribution in [3.63, 3.8) is 0 Å². The van der Waals surface area contributed by atoms with E-state index in [0.717, 1.165) is 18.4 Å². The maximum Gasteiger partial charge on any atom is 0.162 e. The molecule has 0 saturated heterocycles. The molecule has 1 aliphatic carbocycles. The average Bonchev–Trinajstić information content (AvgIpc) is 2.27. The summed E-state index contributed by atoms with van der Waals surface area (Å²) in [7, 11) is 0. The summed E-state index contributed by atoms with van der Waals surface area (Å²) in [5.74, 6) is 0.717. The number of hydrogen-bond donors (Lipinski definition) is 0. The first-order valence-electron chi connectivity index (χ1n) is 5.55. The van der Waals surface area contributed by atoms with Gasteiger partial charge in [-0.1, -0.05) is 23.8 Å². The average molecular weight is 204 g/mol. The van der Waals surface area contributed by atoms with Gasteiger partial charge in [0.25, 0.3) is 0 Å². The van der Waals surface area contributed by atoms with Crippen molar-refractivity contribution < 1.29 is 4.79 Å². The fraction of sp³-hybridized carbons (Fsp3) is 0.500. The predicted molar refractivity (Wildman–Crippen MR) is 64.6 cm³/mol. The third-order valence-corrected chi connectivity index (χ3v) is 3.26. The Kier molecular flexibility index (Phi) is 4.07. The van der Waals surface area contributed by atoms with Gasteiger partial charge in [-0.05, 0) is 45.1 Å². The topological polar surface area (TPSA) is 17.1 Å². The van der Waals surface area contributed by atoms with Crippen molar-refractivity contribution >= 4 is 5.78 Å². The first kappa shape index (κ1) is 12.0. The number of carbonyl (C=O) groups is 1. The minimum Gasteiger partial charge on any atom is -0.294 e. The van der Waals surface area contributed by atoms with E-state index >= 15 is 0 Å².